The number of carbonyl (C=O) groups is 1. The van der Waals surface area contributed by atoms with E-state index in [0.29, 0.717) is 5.16 Å². The first-order valence-electron chi connectivity index (χ1n) is 8.02. The van der Waals surface area contributed by atoms with Crippen LogP contribution in [-0.4, -0.2) is 28.3 Å². The Morgan fingerprint density at radius 3 is 2.63 bits per heavy atom. The minimum absolute atomic E-state index is 0.0454. The molecule has 27 heavy (non-hydrogen) atoms. The van der Waals surface area contributed by atoms with Crippen molar-refractivity contribution in [3.63, 3.8) is 0 Å². The number of amides is 1. The predicted molar refractivity (Wildman–Crippen MR) is 101 cm³/mol. The number of halogens is 2. The van der Waals surface area contributed by atoms with Crippen molar-refractivity contribution in [2.24, 2.45) is 7.05 Å². The summed E-state index contributed by atoms with van der Waals surface area (Å²) in [5.41, 5.74) is 1.81. The Labute approximate surface area is 159 Å². The Bertz CT molecular complexity index is 958. The number of benzene rings is 2. The lowest BCUT2D eigenvalue weighted by molar-refractivity contribution is -0.113. The molecule has 1 amide bonds. The number of thioether (sulfide) groups is 1. The second-order valence-corrected chi connectivity index (χ2v) is 6.62. The summed E-state index contributed by atoms with van der Waals surface area (Å²) in [6.45, 7) is 0. The maximum Gasteiger partial charge on any atom is 0.234 e. The molecule has 0 aliphatic carbocycles. The van der Waals surface area contributed by atoms with Gasteiger partial charge in [0.15, 0.2) is 5.16 Å². The summed E-state index contributed by atoms with van der Waals surface area (Å²) in [5, 5.41) is 3.07. The van der Waals surface area contributed by atoms with Gasteiger partial charge < -0.3 is 14.6 Å². The molecule has 1 N–H and O–H groups in total. The molecule has 3 aromatic rings. The number of aromatic nitrogens is 2. The fourth-order valence-corrected chi connectivity index (χ4v) is 3.22. The summed E-state index contributed by atoms with van der Waals surface area (Å²) in [5.74, 6) is -1.10. The first-order valence-corrected chi connectivity index (χ1v) is 9.00. The monoisotopic (exact) mass is 389 g/mol. The molecule has 1 aromatic heterocycles. The summed E-state index contributed by atoms with van der Waals surface area (Å²) in [7, 11) is 3.46. The zero-order valence-corrected chi connectivity index (χ0v) is 15.5. The Kier molecular flexibility index (Phi) is 5.75. The molecule has 1 heterocycles. The number of methoxy groups -OCH3 is 1. The number of hydrogen-bond acceptors (Lipinski definition) is 4. The van der Waals surface area contributed by atoms with Crippen LogP contribution in [0.1, 0.15) is 0 Å². The van der Waals surface area contributed by atoms with E-state index in [-0.39, 0.29) is 11.4 Å². The smallest absolute Gasteiger partial charge is 0.234 e. The van der Waals surface area contributed by atoms with E-state index in [9.17, 15) is 13.6 Å². The van der Waals surface area contributed by atoms with Gasteiger partial charge in [-0.2, -0.15) is 0 Å². The fraction of sp³-hybridized carbons (Fsp3) is 0.158. The minimum Gasteiger partial charge on any atom is -0.497 e. The number of nitrogens with zero attached hydrogens (tertiary/aromatic N) is 2. The molecule has 0 saturated heterocycles. The topological polar surface area (TPSA) is 56.1 Å². The molecule has 3 rings (SSSR count). The number of imidazole rings is 1. The van der Waals surface area contributed by atoms with Crippen molar-refractivity contribution in [2.75, 3.05) is 18.2 Å². The van der Waals surface area contributed by atoms with Gasteiger partial charge in [0.2, 0.25) is 5.91 Å². The number of nitrogens with one attached hydrogen (secondary N) is 1. The fourth-order valence-electron chi connectivity index (χ4n) is 2.46. The van der Waals surface area contributed by atoms with Crippen LogP contribution in [0.25, 0.3) is 11.3 Å². The molecule has 0 aliphatic heterocycles. The number of rotatable bonds is 6. The zero-order chi connectivity index (χ0) is 19.4. The maximum atomic E-state index is 13.6. The van der Waals surface area contributed by atoms with Crippen molar-refractivity contribution in [1.82, 2.24) is 9.55 Å². The van der Waals surface area contributed by atoms with Gasteiger partial charge in [0.1, 0.15) is 17.4 Å². The average Bonchev–Trinajstić information content (AvgIpc) is 3.03. The van der Waals surface area contributed by atoms with Crippen LogP contribution in [0, 0.1) is 11.6 Å². The molecule has 0 saturated carbocycles. The van der Waals surface area contributed by atoms with Crippen LogP contribution in [0.4, 0.5) is 14.5 Å². The van der Waals surface area contributed by atoms with E-state index in [1.165, 1.54) is 17.8 Å². The molecule has 0 bridgehead atoms. The van der Waals surface area contributed by atoms with E-state index in [1.54, 1.807) is 13.3 Å². The van der Waals surface area contributed by atoms with E-state index in [4.69, 9.17) is 4.74 Å². The van der Waals surface area contributed by atoms with Crippen LogP contribution >= 0.6 is 11.8 Å². The molecule has 0 atom stereocenters. The lowest BCUT2D eigenvalue weighted by atomic mass is 10.1. The van der Waals surface area contributed by atoms with Gasteiger partial charge in [-0.25, -0.2) is 13.8 Å². The number of ether oxygens (including phenoxy) is 1. The SMILES string of the molecule is COc1ccc(-c2cnc(SCC(=O)Nc3ccc(F)cc3F)n2C)cc1. The summed E-state index contributed by atoms with van der Waals surface area (Å²) in [4.78, 5) is 16.4. The lowest BCUT2D eigenvalue weighted by Gasteiger charge is -2.08. The molecule has 0 fully saturated rings. The largest absolute Gasteiger partial charge is 0.497 e. The van der Waals surface area contributed by atoms with Crippen molar-refractivity contribution in [3.05, 3.63) is 60.3 Å². The van der Waals surface area contributed by atoms with Crippen molar-refractivity contribution >= 4 is 23.4 Å². The minimum atomic E-state index is -0.813. The number of hydrogen-bond donors (Lipinski definition) is 1. The highest BCUT2D eigenvalue weighted by Crippen LogP contribution is 2.26. The van der Waals surface area contributed by atoms with Gasteiger partial charge >= 0.3 is 0 Å². The Balaban J connectivity index is 1.64. The second kappa shape index (κ2) is 8.22. The van der Waals surface area contributed by atoms with Crippen LogP contribution < -0.4 is 10.1 Å². The molecule has 0 radical (unpaired) electrons. The van der Waals surface area contributed by atoms with Crippen LogP contribution in [0.3, 0.4) is 0 Å². The van der Waals surface area contributed by atoms with Crippen molar-refractivity contribution in [2.45, 2.75) is 5.16 Å². The average molecular weight is 389 g/mol. The van der Waals surface area contributed by atoms with Crippen molar-refractivity contribution in [3.8, 4) is 17.0 Å². The third kappa shape index (κ3) is 4.46. The quantitative estimate of drug-likeness (QED) is 0.645. The van der Waals surface area contributed by atoms with E-state index >= 15 is 0 Å². The van der Waals surface area contributed by atoms with E-state index in [2.05, 4.69) is 10.3 Å². The first kappa shape index (κ1) is 18.9. The molecular formula is C19H17F2N3O2S. The van der Waals surface area contributed by atoms with Crippen LogP contribution in [0.5, 0.6) is 5.75 Å². The molecule has 8 heteroatoms. The summed E-state index contributed by atoms with van der Waals surface area (Å²) in [6, 6.07) is 10.6. The van der Waals surface area contributed by atoms with E-state index in [1.807, 2.05) is 35.9 Å². The molecule has 0 spiro atoms. The molecule has 0 unspecified atom stereocenters. The molecule has 5 nitrogen and oxygen atoms in total. The number of anilines is 1. The van der Waals surface area contributed by atoms with Crippen LogP contribution in [-0.2, 0) is 11.8 Å². The van der Waals surface area contributed by atoms with Gasteiger partial charge in [-0.05, 0) is 36.4 Å². The van der Waals surface area contributed by atoms with E-state index in [0.717, 1.165) is 29.1 Å². The third-order valence-corrected chi connectivity index (χ3v) is 4.91. The Morgan fingerprint density at radius 2 is 1.96 bits per heavy atom. The lowest BCUT2D eigenvalue weighted by Crippen LogP contribution is -2.15. The highest BCUT2D eigenvalue weighted by atomic mass is 32.2. The van der Waals surface area contributed by atoms with Crippen LogP contribution in [0.2, 0.25) is 0 Å². The van der Waals surface area contributed by atoms with Crippen LogP contribution in [0.15, 0.2) is 53.8 Å². The van der Waals surface area contributed by atoms with Crippen molar-refractivity contribution in [1.29, 1.82) is 0 Å². The Hall–Kier alpha value is -2.87. The van der Waals surface area contributed by atoms with Gasteiger partial charge in [-0.15, -0.1) is 0 Å². The third-order valence-electron chi connectivity index (χ3n) is 3.87. The summed E-state index contributed by atoms with van der Waals surface area (Å²) >= 11 is 1.23. The predicted octanol–water partition coefficient (Wildman–Crippen LogP) is 4.10. The summed E-state index contributed by atoms with van der Waals surface area (Å²) in [6.07, 6.45) is 1.72. The standard InChI is InChI=1S/C19H17F2N3O2S/c1-24-17(12-3-6-14(26-2)7-4-12)10-22-19(24)27-11-18(25)23-16-8-5-13(20)9-15(16)21/h3-10H,11H2,1-2H3,(H,23,25). The molecule has 0 aliphatic rings. The normalized spacial score (nSPS) is 10.7. The molecule has 2 aromatic carbocycles. The van der Waals surface area contributed by atoms with Gasteiger partial charge in [0, 0.05) is 18.7 Å². The highest BCUT2D eigenvalue weighted by Gasteiger charge is 2.13. The summed E-state index contributed by atoms with van der Waals surface area (Å²) < 4.78 is 33.5. The van der Waals surface area contributed by atoms with Gasteiger partial charge in [0.25, 0.3) is 0 Å². The van der Waals surface area contributed by atoms with Gasteiger partial charge in [0.05, 0.1) is 30.4 Å². The second-order valence-electron chi connectivity index (χ2n) is 5.67. The van der Waals surface area contributed by atoms with E-state index < -0.39 is 17.5 Å². The molecular weight excluding hydrogens is 372 g/mol. The number of carbonyl (C=O) groups excluding carboxylic acids is 1. The highest BCUT2D eigenvalue weighted by molar-refractivity contribution is 7.99. The Morgan fingerprint density at radius 1 is 1.22 bits per heavy atom. The first-order chi connectivity index (χ1) is 13.0. The maximum absolute atomic E-state index is 13.6. The van der Waals surface area contributed by atoms with Gasteiger partial charge in [-0.1, -0.05) is 11.8 Å². The van der Waals surface area contributed by atoms with Crippen molar-refractivity contribution < 1.29 is 18.3 Å². The van der Waals surface area contributed by atoms with Gasteiger partial charge in [-0.3, -0.25) is 4.79 Å². The molecule has 140 valence electrons. The zero-order valence-electron chi connectivity index (χ0n) is 14.7.